The van der Waals surface area contributed by atoms with Gasteiger partial charge in [0.15, 0.2) is 0 Å². The van der Waals surface area contributed by atoms with Crippen LogP contribution in [0.5, 0.6) is 11.5 Å². The number of ether oxygens (including phenoxy) is 1. The topological polar surface area (TPSA) is 85.3 Å². The van der Waals surface area contributed by atoms with Crippen LogP contribution in [0, 0.1) is 32.0 Å². The van der Waals surface area contributed by atoms with Gasteiger partial charge in [-0.25, -0.2) is 9.07 Å². The Hall–Kier alpha value is -4.12. The van der Waals surface area contributed by atoms with E-state index in [1.807, 2.05) is 5.92 Å². The molecule has 0 spiro atoms. The number of carbonyl (C=O) groups is 1. The summed E-state index contributed by atoms with van der Waals surface area (Å²) in [4.78, 5) is 24.0. The van der Waals surface area contributed by atoms with Crippen LogP contribution in [-0.2, 0) is 18.4 Å². The maximum absolute atomic E-state index is 13.8. The summed E-state index contributed by atoms with van der Waals surface area (Å²) in [5.41, 5.74) is 3.01. The highest BCUT2D eigenvalue weighted by Crippen LogP contribution is 2.38. The highest BCUT2D eigenvalue weighted by atomic mass is 19.1. The number of amides is 1. The number of hydrogen-bond donors (Lipinski definition) is 2. The van der Waals surface area contributed by atoms with Crippen molar-refractivity contribution in [1.29, 1.82) is 0 Å². The second-order valence-corrected chi connectivity index (χ2v) is 7.21. The molecular weight excluding hydrogens is 411 g/mol. The summed E-state index contributed by atoms with van der Waals surface area (Å²) in [6.07, 6.45) is 5.16. The van der Waals surface area contributed by atoms with Gasteiger partial charge < -0.3 is 15.4 Å². The summed E-state index contributed by atoms with van der Waals surface area (Å²) in [6, 6.07) is 9.71. The highest BCUT2D eigenvalue weighted by Gasteiger charge is 2.19. The quantitative estimate of drug-likeness (QED) is 0.582. The number of hydrogen-bond acceptors (Lipinski definition) is 5. The third kappa shape index (κ3) is 4.62. The first-order chi connectivity index (χ1) is 15.2. The van der Waals surface area contributed by atoms with Crippen LogP contribution in [0.25, 0.3) is 11.3 Å². The summed E-state index contributed by atoms with van der Waals surface area (Å²) in [5, 5.41) is 9.90. The molecule has 0 atom stereocenters. The summed E-state index contributed by atoms with van der Waals surface area (Å²) < 4.78 is 21.2. The van der Waals surface area contributed by atoms with Gasteiger partial charge in [0.2, 0.25) is 0 Å². The Morgan fingerprint density at radius 3 is 2.56 bits per heavy atom. The third-order valence-corrected chi connectivity index (χ3v) is 4.91. The first-order valence-electron chi connectivity index (χ1n) is 9.82. The van der Waals surface area contributed by atoms with Crippen molar-refractivity contribution >= 4 is 11.6 Å². The van der Waals surface area contributed by atoms with E-state index in [-0.39, 0.29) is 17.9 Å². The first kappa shape index (κ1) is 22.6. The van der Waals surface area contributed by atoms with Crippen molar-refractivity contribution in [3.05, 3.63) is 69.3 Å². The molecule has 0 aliphatic rings. The van der Waals surface area contributed by atoms with E-state index >= 15 is 0 Å². The van der Waals surface area contributed by atoms with Gasteiger partial charge in [-0.05, 0) is 60.7 Å². The lowest BCUT2D eigenvalue weighted by molar-refractivity contribution is -0.115. The summed E-state index contributed by atoms with van der Waals surface area (Å²) in [5.74, 6) is 2.05. The Bertz CT molecular complexity index is 1270. The number of aromatic nitrogens is 2. The van der Waals surface area contributed by atoms with E-state index in [2.05, 4.69) is 15.7 Å². The molecule has 7 nitrogen and oxygen atoms in total. The standard InChI is InChI=1S/C24H23FN4O3/c1-6-21(30)27-13-16-8-7-9-20(32-23-14(2)10-17(25)11-15(23)3)22(16)18-12-19(26-4)24(31)29(5)28-18/h1,7-12,26H,13H2,2-5H3,(H,27,30). The van der Waals surface area contributed by atoms with E-state index in [4.69, 9.17) is 11.2 Å². The van der Waals surface area contributed by atoms with Gasteiger partial charge in [-0.1, -0.05) is 12.1 Å². The van der Waals surface area contributed by atoms with E-state index < -0.39 is 5.91 Å². The molecule has 164 valence electrons. The van der Waals surface area contributed by atoms with E-state index in [9.17, 15) is 14.0 Å². The lowest BCUT2D eigenvalue weighted by atomic mass is 10.0. The molecule has 0 saturated heterocycles. The highest BCUT2D eigenvalue weighted by molar-refractivity contribution is 5.92. The summed E-state index contributed by atoms with van der Waals surface area (Å²) in [7, 11) is 3.19. The predicted molar refractivity (Wildman–Crippen MR) is 121 cm³/mol. The lowest BCUT2D eigenvalue weighted by Gasteiger charge is -2.18. The molecule has 2 N–H and O–H groups in total. The van der Waals surface area contributed by atoms with Crippen LogP contribution in [-0.4, -0.2) is 22.7 Å². The molecule has 3 rings (SSSR count). The minimum atomic E-state index is -0.558. The number of nitrogens with zero attached hydrogens (tertiary/aromatic N) is 2. The molecule has 1 amide bonds. The number of aryl methyl sites for hydroxylation is 3. The molecule has 0 saturated carbocycles. The molecule has 0 radical (unpaired) electrons. The Labute approximate surface area is 185 Å². The molecule has 8 heteroatoms. The third-order valence-electron chi connectivity index (χ3n) is 4.91. The Balaban J connectivity index is 2.21. The van der Waals surface area contributed by atoms with Crippen LogP contribution < -0.4 is 20.9 Å². The van der Waals surface area contributed by atoms with Gasteiger partial charge in [0.25, 0.3) is 11.5 Å². The number of carbonyl (C=O) groups excluding carboxylic acids is 1. The average molecular weight is 434 g/mol. The van der Waals surface area contributed by atoms with Gasteiger partial charge in [0, 0.05) is 26.2 Å². The van der Waals surface area contributed by atoms with Gasteiger partial charge in [0.1, 0.15) is 23.0 Å². The fraction of sp³-hybridized carbons (Fsp3) is 0.208. The van der Waals surface area contributed by atoms with Crippen LogP contribution in [0.1, 0.15) is 16.7 Å². The van der Waals surface area contributed by atoms with Crippen molar-refractivity contribution in [1.82, 2.24) is 15.1 Å². The van der Waals surface area contributed by atoms with E-state index in [0.29, 0.717) is 45.1 Å². The number of nitrogens with one attached hydrogen (secondary N) is 2. The molecule has 0 aliphatic carbocycles. The van der Waals surface area contributed by atoms with Crippen molar-refractivity contribution in [3.63, 3.8) is 0 Å². The molecule has 0 unspecified atom stereocenters. The fourth-order valence-electron chi connectivity index (χ4n) is 3.40. The van der Waals surface area contributed by atoms with Crippen molar-refractivity contribution < 1.29 is 13.9 Å². The number of terminal acetylenes is 1. The Kier molecular flexibility index (Phi) is 6.59. The predicted octanol–water partition coefficient (Wildman–Crippen LogP) is 3.29. The van der Waals surface area contributed by atoms with Gasteiger partial charge in [-0.2, -0.15) is 5.10 Å². The van der Waals surface area contributed by atoms with Crippen molar-refractivity contribution in [2.45, 2.75) is 20.4 Å². The summed E-state index contributed by atoms with van der Waals surface area (Å²) >= 11 is 0. The number of benzene rings is 2. The molecule has 0 aliphatic heterocycles. The maximum atomic E-state index is 13.8. The zero-order valence-electron chi connectivity index (χ0n) is 18.2. The largest absolute Gasteiger partial charge is 0.456 e. The fourth-order valence-corrected chi connectivity index (χ4v) is 3.40. The average Bonchev–Trinajstić information content (AvgIpc) is 2.76. The van der Waals surface area contributed by atoms with Crippen molar-refractivity contribution in [2.75, 3.05) is 12.4 Å². The van der Waals surface area contributed by atoms with Crippen LogP contribution in [0.15, 0.2) is 41.2 Å². The molecular formula is C24H23FN4O3. The van der Waals surface area contributed by atoms with Crippen LogP contribution in [0.2, 0.25) is 0 Å². The maximum Gasteiger partial charge on any atom is 0.295 e. The Morgan fingerprint density at radius 2 is 1.94 bits per heavy atom. The molecule has 32 heavy (non-hydrogen) atoms. The van der Waals surface area contributed by atoms with E-state index in [1.54, 1.807) is 52.2 Å². The smallest absolute Gasteiger partial charge is 0.295 e. The molecule has 0 bridgehead atoms. The van der Waals surface area contributed by atoms with Crippen LogP contribution >= 0.6 is 0 Å². The first-order valence-corrected chi connectivity index (χ1v) is 9.82. The monoisotopic (exact) mass is 434 g/mol. The SMILES string of the molecule is C#CC(=O)NCc1cccc(Oc2c(C)cc(F)cc2C)c1-c1cc(NC)c(=O)n(C)n1. The van der Waals surface area contributed by atoms with Gasteiger partial charge in [0.05, 0.1) is 5.69 Å². The number of anilines is 1. The molecule has 1 heterocycles. The van der Waals surface area contributed by atoms with Gasteiger partial charge >= 0.3 is 0 Å². The van der Waals surface area contributed by atoms with Crippen molar-refractivity contribution in [2.24, 2.45) is 7.05 Å². The second-order valence-electron chi connectivity index (χ2n) is 7.21. The molecule has 2 aromatic carbocycles. The minimum Gasteiger partial charge on any atom is -0.456 e. The number of rotatable bonds is 6. The summed E-state index contributed by atoms with van der Waals surface area (Å²) in [6.45, 7) is 3.63. The van der Waals surface area contributed by atoms with E-state index in [1.165, 1.54) is 16.8 Å². The molecule has 3 aromatic rings. The van der Waals surface area contributed by atoms with Gasteiger partial charge in [-0.3, -0.25) is 9.59 Å². The second kappa shape index (κ2) is 9.35. The molecule has 0 fully saturated rings. The lowest BCUT2D eigenvalue weighted by Crippen LogP contribution is -2.23. The van der Waals surface area contributed by atoms with Crippen LogP contribution in [0.4, 0.5) is 10.1 Å². The zero-order valence-corrected chi connectivity index (χ0v) is 18.2. The normalized spacial score (nSPS) is 10.4. The zero-order chi connectivity index (χ0) is 23.4. The Morgan fingerprint density at radius 1 is 1.25 bits per heavy atom. The van der Waals surface area contributed by atoms with E-state index in [0.717, 1.165) is 0 Å². The van der Waals surface area contributed by atoms with Crippen molar-refractivity contribution in [3.8, 4) is 35.1 Å². The van der Waals surface area contributed by atoms with Crippen LogP contribution in [0.3, 0.4) is 0 Å². The number of halogens is 1. The molecule has 1 aromatic heterocycles. The minimum absolute atomic E-state index is 0.121. The van der Waals surface area contributed by atoms with Gasteiger partial charge in [-0.15, -0.1) is 6.42 Å².